The maximum atomic E-state index is 10.6. The van der Waals surface area contributed by atoms with Crippen LogP contribution in [0.1, 0.15) is 81.1 Å². The van der Waals surface area contributed by atoms with Crippen molar-refractivity contribution in [3.63, 3.8) is 0 Å². The molecule has 0 aliphatic carbocycles. The Hall–Kier alpha value is -2.10. The number of rotatable bonds is 12. The van der Waals surface area contributed by atoms with Gasteiger partial charge in [-0.05, 0) is 76.4 Å². The van der Waals surface area contributed by atoms with Crippen LogP contribution in [0.25, 0.3) is 0 Å². The van der Waals surface area contributed by atoms with Gasteiger partial charge in [0, 0.05) is 13.8 Å². The van der Waals surface area contributed by atoms with Gasteiger partial charge >= 0.3 is 11.9 Å². The molecule has 0 amide bonds. The fraction of sp³-hybridized carbons (Fsp3) is 0.615. The van der Waals surface area contributed by atoms with Gasteiger partial charge in [0.05, 0.1) is 0 Å². The molecule has 30 heavy (non-hydrogen) atoms. The lowest BCUT2D eigenvalue weighted by atomic mass is 9.97. The summed E-state index contributed by atoms with van der Waals surface area (Å²) in [6.45, 7) is 24.0. The molecule has 0 heterocycles. The third-order valence-corrected chi connectivity index (χ3v) is 4.62. The summed E-state index contributed by atoms with van der Waals surface area (Å²) in [5.74, 6) is 0.320. The second-order valence-electron chi connectivity index (χ2n) is 8.40. The minimum atomic E-state index is -0.243. The number of hydrogen-bond donors (Lipinski definition) is 0. The lowest BCUT2D eigenvalue weighted by Crippen LogP contribution is -2.08. The molecule has 0 aromatic heterocycles. The van der Waals surface area contributed by atoms with E-state index in [0.717, 1.165) is 36.8 Å². The van der Waals surface area contributed by atoms with Gasteiger partial charge in [0.1, 0.15) is 13.2 Å². The topological polar surface area (TPSA) is 52.6 Å². The van der Waals surface area contributed by atoms with Gasteiger partial charge in [-0.25, -0.2) is 0 Å². The van der Waals surface area contributed by atoms with Crippen LogP contribution in [0.4, 0.5) is 0 Å². The van der Waals surface area contributed by atoms with E-state index in [1.165, 1.54) is 25.0 Å². The van der Waals surface area contributed by atoms with E-state index in [-0.39, 0.29) is 11.9 Å². The smallest absolute Gasteiger partial charge is 0.302 e. The van der Waals surface area contributed by atoms with Gasteiger partial charge in [0.25, 0.3) is 0 Å². The molecule has 0 saturated heterocycles. The van der Waals surface area contributed by atoms with E-state index < -0.39 is 0 Å². The third-order valence-electron chi connectivity index (χ3n) is 4.62. The highest BCUT2D eigenvalue weighted by Gasteiger charge is 2.08. The molecule has 0 unspecified atom stereocenters. The summed E-state index contributed by atoms with van der Waals surface area (Å²) in [6.07, 6.45) is 8.67. The maximum Gasteiger partial charge on any atom is 0.302 e. The molecule has 0 spiro atoms. The molecule has 2 atom stereocenters. The van der Waals surface area contributed by atoms with Crippen molar-refractivity contribution >= 4 is 11.9 Å². The van der Waals surface area contributed by atoms with Crippen LogP contribution in [-0.4, -0.2) is 25.2 Å². The Balaban J connectivity index is 0. The van der Waals surface area contributed by atoms with Crippen molar-refractivity contribution < 1.29 is 19.1 Å². The monoisotopic (exact) mass is 420 g/mol. The normalized spacial score (nSPS) is 11.7. The summed E-state index contributed by atoms with van der Waals surface area (Å²) in [6, 6.07) is 0. The van der Waals surface area contributed by atoms with Gasteiger partial charge in [-0.2, -0.15) is 0 Å². The van der Waals surface area contributed by atoms with Crippen molar-refractivity contribution in [1.82, 2.24) is 0 Å². The molecule has 0 aromatic carbocycles. The molecular weight excluding hydrogens is 376 g/mol. The SMILES string of the molecule is C=C(COC(C)=O)[C@@H](C)CCC=C(C)C.C=C(COC(C)=O)[C@H](C)CCC=C(C)C. The van der Waals surface area contributed by atoms with Crippen LogP contribution < -0.4 is 0 Å². The maximum absolute atomic E-state index is 10.6. The van der Waals surface area contributed by atoms with Gasteiger partial charge in [0.2, 0.25) is 0 Å². The quantitative estimate of drug-likeness (QED) is 0.252. The molecule has 0 aromatic rings. The molecule has 0 saturated carbocycles. The Morgan fingerprint density at radius 2 is 1.00 bits per heavy atom. The molecule has 0 bridgehead atoms. The van der Waals surface area contributed by atoms with E-state index >= 15 is 0 Å². The van der Waals surface area contributed by atoms with E-state index in [1.54, 1.807) is 0 Å². The number of carbonyl (C=O) groups excluding carboxylic acids is 2. The average molecular weight is 421 g/mol. The Morgan fingerprint density at radius 1 is 0.700 bits per heavy atom. The van der Waals surface area contributed by atoms with Crippen molar-refractivity contribution in [2.45, 2.75) is 81.1 Å². The Labute approximate surface area is 185 Å². The summed E-state index contributed by atoms with van der Waals surface area (Å²) in [7, 11) is 0. The van der Waals surface area contributed by atoms with Crippen LogP contribution in [0.3, 0.4) is 0 Å². The molecule has 0 aliphatic rings. The number of hydrogen-bond acceptors (Lipinski definition) is 4. The van der Waals surface area contributed by atoms with Crippen molar-refractivity contribution in [2.24, 2.45) is 11.8 Å². The molecule has 0 fully saturated rings. The molecule has 0 aliphatic heterocycles. The van der Waals surface area contributed by atoms with Crippen LogP contribution in [0, 0.1) is 11.8 Å². The van der Waals surface area contributed by atoms with Crippen molar-refractivity contribution in [3.8, 4) is 0 Å². The number of ether oxygens (including phenoxy) is 2. The zero-order valence-corrected chi connectivity index (χ0v) is 20.6. The Bertz CT molecular complexity index is 549. The number of allylic oxidation sites excluding steroid dienone is 4. The van der Waals surface area contributed by atoms with E-state index in [0.29, 0.717) is 25.0 Å². The number of carbonyl (C=O) groups is 2. The van der Waals surface area contributed by atoms with Crippen LogP contribution in [0.5, 0.6) is 0 Å². The van der Waals surface area contributed by atoms with E-state index in [9.17, 15) is 9.59 Å². The lowest BCUT2D eigenvalue weighted by Gasteiger charge is -2.13. The fourth-order valence-corrected chi connectivity index (χ4v) is 2.33. The highest BCUT2D eigenvalue weighted by Crippen LogP contribution is 2.17. The second kappa shape index (κ2) is 17.7. The molecule has 0 rings (SSSR count). The number of esters is 2. The standard InChI is InChI=1S/2C13H22O2/c2*1-10(2)7-6-8-11(3)12(4)9-15-13(5)14/h2*7,11H,4,6,8-9H2,1-3,5H3/t2*11-/m10/s1. The van der Waals surface area contributed by atoms with Gasteiger partial charge in [-0.3, -0.25) is 9.59 Å². The van der Waals surface area contributed by atoms with Crippen molar-refractivity contribution in [2.75, 3.05) is 13.2 Å². The molecule has 172 valence electrons. The first kappa shape index (κ1) is 30.1. The third kappa shape index (κ3) is 20.6. The van der Waals surface area contributed by atoms with Gasteiger partial charge in [-0.15, -0.1) is 0 Å². The van der Waals surface area contributed by atoms with Gasteiger partial charge in [-0.1, -0.05) is 50.3 Å². The molecule has 0 N–H and O–H groups in total. The van der Waals surface area contributed by atoms with Crippen LogP contribution >= 0.6 is 0 Å². The van der Waals surface area contributed by atoms with Crippen LogP contribution in [0.2, 0.25) is 0 Å². The van der Waals surface area contributed by atoms with Crippen LogP contribution in [-0.2, 0) is 19.1 Å². The van der Waals surface area contributed by atoms with Gasteiger partial charge < -0.3 is 9.47 Å². The van der Waals surface area contributed by atoms with E-state index in [2.05, 4.69) is 66.9 Å². The summed E-state index contributed by atoms with van der Waals surface area (Å²) in [4.78, 5) is 21.2. The first-order valence-electron chi connectivity index (χ1n) is 10.8. The predicted molar refractivity (Wildman–Crippen MR) is 127 cm³/mol. The molecule has 0 radical (unpaired) electrons. The Morgan fingerprint density at radius 3 is 1.23 bits per heavy atom. The molecule has 4 heteroatoms. The van der Waals surface area contributed by atoms with Crippen molar-refractivity contribution in [3.05, 3.63) is 47.6 Å². The second-order valence-corrected chi connectivity index (χ2v) is 8.40. The van der Waals surface area contributed by atoms with Gasteiger partial charge in [0.15, 0.2) is 0 Å². The fourth-order valence-electron chi connectivity index (χ4n) is 2.33. The summed E-state index contributed by atoms with van der Waals surface area (Å²) in [5, 5.41) is 0. The highest BCUT2D eigenvalue weighted by atomic mass is 16.5. The summed E-state index contributed by atoms with van der Waals surface area (Å²) in [5.41, 5.74) is 4.67. The summed E-state index contributed by atoms with van der Waals surface area (Å²) >= 11 is 0. The Kier molecular flexibility index (Phi) is 17.8. The highest BCUT2D eigenvalue weighted by molar-refractivity contribution is 5.66. The lowest BCUT2D eigenvalue weighted by molar-refractivity contribution is -0.141. The average Bonchev–Trinajstić information content (AvgIpc) is 2.63. The zero-order valence-electron chi connectivity index (χ0n) is 20.6. The van der Waals surface area contributed by atoms with E-state index in [4.69, 9.17) is 9.47 Å². The van der Waals surface area contributed by atoms with Crippen LogP contribution in [0.15, 0.2) is 47.6 Å². The van der Waals surface area contributed by atoms with Crippen molar-refractivity contribution in [1.29, 1.82) is 0 Å². The van der Waals surface area contributed by atoms with E-state index in [1.807, 2.05) is 0 Å². The predicted octanol–water partition coefficient (Wildman–Crippen LogP) is 6.98. The first-order valence-corrected chi connectivity index (χ1v) is 10.8. The minimum absolute atomic E-state index is 0.243. The minimum Gasteiger partial charge on any atom is -0.461 e. The molecular formula is C26H44O4. The molecule has 4 nitrogen and oxygen atoms in total. The summed E-state index contributed by atoms with van der Waals surface area (Å²) < 4.78 is 9.80. The first-order chi connectivity index (χ1) is 13.9. The zero-order chi connectivity index (χ0) is 23.7. The largest absolute Gasteiger partial charge is 0.461 e.